The molecule has 0 aromatic heterocycles. The molecule has 114 valence electrons. The lowest BCUT2D eigenvalue weighted by Gasteiger charge is -2.22. The van der Waals surface area contributed by atoms with Crippen molar-refractivity contribution in [3.8, 4) is 0 Å². The van der Waals surface area contributed by atoms with Crippen LogP contribution in [-0.2, 0) is 0 Å². The predicted molar refractivity (Wildman–Crippen MR) is 53.3 cm³/mol. The van der Waals surface area contributed by atoms with Gasteiger partial charge in [-0.15, -0.1) is 0 Å². The molecule has 2 unspecified atom stereocenters. The van der Waals surface area contributed by atoms with E-state index in [4.69, 9.17) is 0 Å². The Morgan fingerprint density at radius 2 is 1.24 bits per heavy atom. The molecule has 1 aliphatic carbocycles. The van der Waals surface area contributed by atoms with Crippen LogP contribution < -0.4 is 0 Å². The molecule has 2 atom stereocenters. The lowest BCUT2D eigenvalue weighted by atomic mass is 9.92. The summed E-state index contributed by atoms with van der Waals surface area (Å²) in [5, 5.41) is 0. The standard InChI is InChI=1S/C12H3F9/c13-3-1-2(5(14)9(18)6(3)15)4-7(16)10(19)12(21)11(20)8(4)17/h1,7,10H. The molecule has 0 heterocycles. The van der Waals surface area contributed by atoms with Gasteiger partial charge < -0.3 is 0 Å². The topological polar surface area (TPSA) is 0 Å². The smallest absolute Gasteiger partial charge is 0.198 e. The average molecular weight is 318 g/mol. The Bertz CT molecular complexity index is 674. The molecule has 0 amide bonds. The molecule has 0 radical (unpaired) electrons. The van der Waals surface area contributed by atoms with Crippen molar-refractivity contribution in [3.63, 3.8) is 0 Å². The van der Waals surface area contributed by atoms with Crippen LogP contribution in [0.5, 0.6) is 0 Å². The van der Waals surface area contributed by atoms with Crippen molar-refractivity contribution in [2.75, 3.05) is 0 Å². The minimum Gasteiger partial charge on any atom is -0.238 e. The number of halogens is 9. The highest BCUT2D eigenvalue weighted by Gasteiger charge is 2.42. The summed E-state index contributed by atoms with van der Waals surface area (Å²) in [7, 11) is 0. The summed E-state index contributed by atoms with van der Waals surface area (Å²) in [4.78, 5) is 0. The summed E-state index contributed by atoms with van der Waals surface area (Å²) in [5.41, 5.74) is -3.36. The Hall–Kier alpha value is -1.93. The van der Waals surface area contributed by atoms with E-state index in [1.165, 1.54) is 0 Å². The van der Waals surface area contributed by atoms with Crippen LogP contribution in [-0.4, -0.2) is 12.3 Å². The minimum absolute atomic E-state index is 0.182. The van der Waals surface area contributed by atoms with Crippen LogP contribution in [0.25, 0.3) is 5.57 Å². The minimum atomic E-state index is -3.32. The van der Waals surface area contributed by atoms with E-state index in [9.17, 15) is 39.5 Å². The van der Waals surface area contributed by atoms with Crippen LogP contribution in [0.15, 0.2) is 23.5 Å². The molecular weight excluding hydrogens is 315 g/mol. The molecule has 1 aromatic rings. The highest BCUT2D eigenvalue weighted by atomic mass is 19.2. The molecule has 9 heteroatoms. The van der Waals surface area contributed by atoms with E-state index in [1.54, 1.807) is 0 Å². The fourth-order valence-corrected chi connectivity index (χ4v) is 1.78. The molecule has 0 saturated carbocycles. The van der Waals surface area contributed by atoms with E-state index in [1.807, 2.05) is 0 Å². The first-order valence-corrected chi connectivity index (χ1v) is 5.25. The summed E-state index contributed by atoms with van der Waals surface area (Å²) in [6.07, 6.45) is -6.58. The predicted octanol–water partition coefficient (Wildman–Crippen LogP) is 4.76. The van der Waals surface area contributed by atoms with Gasteiger partial charge in [0, 0.05) is 11.1 Å². The third kappa shape index (κ3) is 2.20. The van der Waals surface area contributed by atoms with Crippen molar-refractivity contribution < 1.29 is 39.5 Å². The van der Waals surface area contributed by atoms with Crippen molar-refractivity contribution in [1.29, 1.82) is 0 Å². The molecule has 0 saturated heterocycles. The lowest BCUT2D eigenvalue weighted by molar-refractivity contribution is 0.200. The zero-order valence-electron chi connectivity index (χ0n) is 9.63. The lowest BCUT2D eigenvalue weighted by Crippen LogP contribution is -2.26. The molecule has 1 aromatic carbocycles. The van der Waals surface area contributed by atoms with Crippen molar-refractivity contribution in [1.82, 2.24) is 0 Å². The Morgan fingerprint density at radius 3 is 1.81 bits per heavy atom. The maximum absolute atomic E-state index is 13.5. The van der Waals surface area contributed by atoms with Gasteiger partial charge in [-0.05, 0) is 6.07 Å². The maximum Gasteiger partial charge on any atom is 0.198 e. The summed E-state index contributed by atoms with van der Waals surface area (Å²) in [6.45, 7) is 0. The van der Waals surface area contributed by atoms with Gasteiger partial charge in [-0.25, -0.2) is 39.5 Å². The second-order valence-corrected chi connectivity index (χ2v) is 4.04. The number of allylic oxidation sites excluding steroid dienone is 4. The Morgan fingerprint density at radius 1 is 0.667 bits per heavy atom. The summed E-state index contributed by atoms with van der Waals surface area (Å²) in [5.74, 6) is -16.2. The Kier molecular flexibility index (Phi) is 3.77. The van der Waals surface area contributed by atoms with E-state index < -0.39 is 64.2 Å². The van der Waals surface area contributed by atoms with Crippen LogP contribution in [0.1, 0.15) is 5.56 Å². The first kappa shape index (κ1) is 15.5. The number of alkyl halides is 2. The van der Waals surface area contributed by atoms with Crippen molar-refractivity contribution >= 4 is 5.57 Å². The van der Waals surface area contributed by atoms with Gasteiger partial charge in [-0.3, -0.25) is 0 Å². The first-order valence-electron chi connectivity index (χ1n) is 5.25. The summed E-state index contributed by atoms with van der Waals surface area (Å²) >= 11 is 0. The van der Waals surface area contributed by atoms with Gasteiger partial charge in [0.1, 0.15) is 0 Å². The highest BCUT2D eigenvalue weighted by molar-refractivity contribution is 5.76. The quantitative estimate of drug-likeness (QED) is 0.398. The van der Waals surface area contributed by atoms with Crippen LogP contribution in [0.4, 0.5) is 39.5 Å². The van der Waals surface area contributed by atoms with Crippen LogP contribution in [0, 0.1) is 23.3 Å². The van der Waals surface area contributed by atoms with Crippen molar-refractivity contribution in [2.24, 2.45) is 0 Å². The number of hydrogen-bond donors (Lipinski definition) is 0. The first-order chi connectivity index (χ1) is 9.68. The van der Waals surface area contributed by atoms with E-state index in [2.05, 4.69) is 0 Å². The third-order valence-corrected chi connectivity index (χ3v) is 2.81. The van der Waals surface area contributed by atoms with E-state index in [0.717, 1.165) is 0 Å². The zero-order valence-corrected chi connectivity index (χ0v) is 9.63. The van der Waals surface area contributed by atoms with E-state index >= 15 is 0 Å². The van der Waals surface area contributed by atoms with Crippen molar-refractivity contribution in [2.45, 2.75) is 12.3 Å². The molecule has 0 nitrogen and oxygen atoms in total. The van der Waals surface area contributed by atoms with Crippen molar-refractivity contribution in [3.05, 3.63) is 52.4 Å². The molecule has 0 aliphatic heterocycles. The third-order valence-electron chi connectivity index (χ3n) is 2.81. The second kappa shape index (κ2) is 5.12. The average Bonchev–Trinajstić information content (AvgIpc) is 2.46. The fourth-order valence-electron chi connectivity index (χ4n) is 1.78. The van der Waals surface area contributed by atoms with Gasteiger partial charge >= 0.3 is 0 Å². The van der Waals surface area contributed by atoms with Crippen LogP contribution in [0.3, 0.4) is 0 Å². The molecule has 0 fully saturated rings. The largest absolute Gasteiger partial charge is 0.238 e. The number of hydrogen-bond acceptors (Lipinski definition) is 0. The molecular formula is C12H3F9. The van der Waals surface area contributed by atoms with Crippen LogP contribution in [0.2, 0.25) is 0 Å². The zero-order chi connectivity index (χ0) is 16.1. The molecule has 0 N–H and O–H groups in total. The second-order valence-electron chi connectivity index (χ2n) is 4.04. The van der Waals surface area contributed by atoms with E-state index in [0.29, 0.717) is 0 Å². The highest BCUT2D eigenvalue weighted by Crippen LogP contribution is 2.42. The van der Waals surface area contributed by atoms with Crippen LogP contribution >= 0.6 is 0 Å². The Balaban J connectivity index is 2.77. The molecule has 0 spiro atoms. The Labute approximate surface area is 111 Å². The monoisotopic (exact) mass is 318 g/mol. The van der Waals surface area contributed by atoms with Gasteiger partial charge in [-0.2, -0.15) is 0 Å². The maximum atomic E-state index is 13.5. The normalized spacial score (nSPS) is 23.1. The molecule has 1 aliphatic rings. The van der Waals surface area contributed by atoms with Gasteiger partial charge in [0.2, 0.25) is 0 Å². The summed E-state index contributed by atoms with van der Waals surface area (Å²) in [6, 6.07) is -0.182. The van der Waals surface area contributed by atoms with E-state index in [-0.39, 0.29) is 6.07 Å². The number of benzene rings is 1. The number of rotatable bonds is 1. The molecule has 2 rings (SSSR count). The fraction of sp³-hybridized carbons (Fsp3) is 0.167. The SMILES string of the molecule is FC1=C(F)C(F)C(F)C(c2cc(F)c(F)c(F)c2F)=C1F. The van der Waals surface area contributed by atoms with Gasteiger partial charge in [0.25, 0.3) is 0 Å². The van der Waals surface area contributed by atoms with Gasteiger partial charge in [0.15, 0.2) is 53.1 Å². The van der Waals surface area contributed by atoms with Gasteiger partial charge in [0.05, 0.1) is 0 Å². The van der Waals surface area contributed by atoms with Gasteiger partial charge in [-0.1, -0.05) is 0 Å². The summed E-state index contributed by atoms with van der Waals surface area (Å²) < 4.78 is 118. The molecule has 21 heavy (non-hydrogen) atoms. The molecule has 0 bridgehead atoms.